The van der Waals surface area contributed by atoms with Gasteiger partial charge in [0.15, 0.2) is 12.3 Å². The molecule has 6 nitrogen and oxygen atoms in total. The van der Waals surface area contributed by atoms with Crippen LogP contribution in [-0.2, 0) is 16.1 Å². The maximum absolute atomic E-state index is 12.5. The molecule has 140 valence electrons. The summed E-state index contributed by atoms with van der Waals surface area (Å²) < 4.78 is 10.5. The van der Waals surface area contributed by atoms with Gasteiger partial charge >= 0.3 is 5.97 Å². The van der Waals surface area contributed by atoms with Crippen molar-refractivity contribution in [3.05, 3.63) is 45.4 Å². The molecule has 1 amide bonds. The van der Waals surface area contributed by atoms with Crippen molar-refractivity contribution in [1.82, 2.24) is 9.88 Å². The van der Waals surface area contributed by atoms with E-state index in [2.05, 4.69) is 4.98 Å². The number of thiazole rings is 1. The van der Waals surface area contributed by atoms with Crippen LogP contribution < -0.4 is 4.74 Å². The summed E-state index contributed by atoms with van der Waals surface area (Å²) in [5.41, 5.74) is 0.271. The molecule has 1 heterocycles. The number of hydrogen-bond donors (Lipinski definition) is 0. The number of esters is 1. The van der Waals surface area contributed by atoms with Crippen molar-refractivity contribution >= 4 is 34.8 Å². The van der Waals surface area contributed by atoms with E-state index >= 15 is 0 Å². The average Bonchev–Trinajstić information content (AvgIpc) is 3.09. The highest BCUT2D eigenvalue weighted by molar-refractivity contribution is 7.09. The summed E-state index contributed by atoms with van der Waals surface area (Å²) in [5, 5.41) is 2.94. The number of rotatable bonds is 9. The van der Waals surface area contributed by atoms with Crippen LogP contribution in [0.4, 0.5) is 0 Å². The molecule has 1 aromatic carbocycles. The zero-order chi connectivity index (χ0) is 18.9. The number of ether oxygens (including phenoxy) is 2. The van der Waals surface area contributed by atoms with Crippen LogP contribution in [0.25, 0.3) is 0 Å². The van der Waals surface area contributed by atoms with Crippen LogP contribution in [0.1, 0.15) is 35.8 Å². The SMILES string of the molecule is CCCN(Cc1nc(C(=O)OCC)cs1)C(=O)COc1ccc(Cl)cc1. The number of aromatic nitrogens is 1. The van der Waals surface area contributed by atoms with Crippen molar-refractivity contribution in [2.24, 2.45) is 0 Å². The van der Waals surface area contributed by atoms with E-state index in [9.17, 15) is 9.59 Å². The van der Waals surface area contributed by atoms with Crippen LogP contribution in [0.3, 0.4) is 0 Å². The monoisotopic (exact) mass is 396 g/mol. The minimum absolute atomic E-state index is 0.0717. The van der Waals surface area contributed by atoms with Crippen LogP contribution in [0.15, 0.2) is 29.6 Å². The number of carbonyl (C=O) groups is 2. The van der Waals surface area contributed by atoms with E-state index in [0.717, 1.165) is 6.42 Å². The molecular formula is C18H21ClN2O4S. The number of nitrogens with zero attached hydrogens (tertiary/aromatic N) is 2. The molecule has 2 aromatic rings. The van der Waals surface area contributed by atoms with E-state index in [4.69, 9.17) is 21.1 Å². The summed E-state index contributed by atoms with van der Waals surface area (Å²) in [4.78, 5) is 30.1. The molecule has 0 N–H and O–H groups in total. The Morgan fingerprint density at radius 2 is 1.96 bits per heavy atom. The fourth-order valence-corrected chi connectivity index (χ4v) is 3.08. The third kappa shape index (κ3) is 6.00. The van der Waals surface area contributed by atoms with Gasteiger partial charge in [-0.05, 0) is 37.6 Å². The van der Waals surface area contributed by atoms with Crippen LogP contribution in [0, 0.1) is 0 Å². The second kappa shape index (κ2) is 10.1. The first kappa shape index (κ1) is 20.2. The molecule has 1 aromatic heterocycles. The Bertz CT molecular complexity index is 733. The third-order valence-corrected chi connectivity index (χ3v) is 4.47. The van der Waals surface area contributed by atoms with Crippen molar-refractivity contribution < 1.29 is 19.1 Å². The van der Waals surface area contributed by atoms with E-state index in [1.807, 2.05) is 6.92 Å². The molecular weight excluding hydrogens is 376 g/mol. The van der Waals surface area contributed by atoms with Crippen LogP contribution in [-0.4, -0.2) is 41.5 Å². The van der Waals surface area contributed by atoms with Crippen LogP contribution in [0.5, 0.6) is 5.75 Å². The largest absolute Gasteiger partial charge is 0.484 e. The zero-order valence-electron chi connectivity index (χ0n) is 14.7. The maximum atomic E-state index is 12.5. The lowest BCUT2D eigenvalue weighted by Crippen LogP contribution is -2.35. The molecule has 0 fully saturated rings. The Kier molecular flexibility index (Phi) is 7.87. The molecule has 0 aliphatic rings. The molecule has 0 aliphatic carbocycles. The van der Waals surface area contributed by atoms with Gasteiger partial charge in [0.25, 0.3) is 5.91 Å². The Hall–Kier alpha value is -2.12. The molecule has 26 heavy (non-hydrogen) atoms. The standard InChI is InChI=1S/C18H21ClN2O4S/c1-3-9-21(10-16-20-15(12-26-16)18(23)24-4-2)17(22)11-25-14-7-5-13(19)6-8-14/h5-8,12H,3-4,9-11H2,1-2H3. The zero-order valence-corrected chi connectivity index (χ0v) is 16.3. The van der Waals surface area contributed by atoms with Crippen molar-refractivity contribution in [3.63, 3.8) is 0 Å². The first-order valence-electron chi connectivity index (χ1n) is 8.31. The van der Waals surface area contributed by atoms with Gasteiger partial charge in [0.1, 0.15) is 10.8 Å². The lowest BCUT2D eigenvalue weighted by molar-refractivity contribution is -0.134. The van der Waals surface area contributed by atoms with Gasteiger partial charge in [-0.25, -0.2) is 9.78 Å². The van der Waals surface area contributed by atoms with E-state index in [-0.39, 0.29) is 18.2 Å². The summed E-state index contributed by atoms with van der Waals surface area (Å²) in [7, 11) is 0. The van der Waals surface area contributed by atoms with E-state index in [1.165, 1.54) is 11.3 Å². The number of halogens is 1. The molecule has 0 atom stereocenters. The van der Waals surface area contributed by atoms with Crippen LogP contribution >= 0.6 is 22.9 Å². The summed E-state index contributed by atoms with van der Waals surface area (Å²) in [6.07, 6.45) is 0.808. The Morgan fingerprint density at radius 3 is 2.62 bits per heavy atom. The lowest BCUT2D eigenvalue weighted by Gasteiger charge is -2.21. The van der Waals surface area contributed by atoms with Gasteiger partial charge in [0.2, 0.25) is 0 Å². The van der Waals surface area contributed by atoms with Crippen molar-refractivity contribution in [2.45, 2.75) is 26.8 Å². The van der Waals surface area contributed by atoms with E-state index in [0.29, 0.717) is 35.5 Å². The fourth-order valence-electron chi connectivity index (χ4n) is 2.17. The summed E-state index contributed by atoms with van der Waals surface area (Å²) in [6, 6.07) is 6.84. The Labute approximate surface area is 161 Å². The predicted molar refractivity (Wildman–Crippen MR) is 101 cm³/mol. The van der Waals surface area contributed by atoms with Crippen LogP contribution in [0.2, 0.25) is 5.02 Å². The molecule has 0 bridgehead atoms. The summed E-state index contributed by atoms with van der Waals surface area (Å²) >= 11 is 7.16. The summed E-state index contributed by atoms with van der Waals surface area (Å²) in [5.74, 6) is -0.0119. The number of benzene rings is 1. The first-order chi connectivity index (χ1) is 12.5. The van der Waals surface area contributed by atoms with Gasteiger partial charge in [0.05, 0.1) is 13.2 Å². The highest BCUT2D eigenvalue weighted by atomic mass is 35.5. The molecule has 0 saturated carbocycles. The Balaban J connectivity index is 1.95. The fraction of sp³-hybridized carbons (Fsp3) is 0.389. The minimum atomic E-state index is -0.450. The topological polar surface area (TPSA) is 68.7 Å². The second-order valence-electron chi connectivity index (χ2n) is 5.40. The lowest BCUT2D eigenvalue weighted by atomic mass is 10.3. The van der Waals surface area contributed by atoms with Crippen molar-refractivity contribution in [3.8, 4) is 5.75 Å². The highest BCUT2D eigenvalue weighted by Crippen LogP contribution is 2.17. The number of hydrogen-bond acceptors (Lipinski definition) is 6. The average molecular weight is 397 g/mol. The van der Waals surface area contributed by atoms with Gasteiger partial charge < -0.3 is 14.4 Å². The molecule has 0 saturated heterocycles. The number of amides is 1. The van der Waals surface area contributed by atoms with Gasteiger partial charge in [0, 0.05) is 16.9 Å². The van der Waals surface area contributed by atoms with Gasteiger partial charge in [-0.15, -0.1) is 11.3 Å². The summed E-state index contributed by atoms with van der Waals surface area (Å²) in [6.45, 7) is 4.88. The minimum Gasteiger partial charge on any atom is -0.484 e. The molecule has 8 heteroatoms. The van der Waals surface area contributed by atoms with E-state index < -0.39 is 5.97 Å². The van der Waals surface area contributed by atoms with Gasteiger partial charge in [-0.3, -0.25) is 4.79 Å². The van der Waals surface area contributed by atoms with Crippen molar-refractivity contribution in [1.29, 1.82) is 0 Å². The third-order valence-electron chi connectivity index (χ3n) is 3.38. The molecule has 0 unspecified atom stereocenters. The Morgan fingerprint density at radius 1 is 1.23 bits per heavy atom. The smallest absolute Gasteiger partial charge is 0.357 e. The number of carbonyl (C=O) groups excluding carboxylic acids is 2. The quantitative estimate of drug-likeness (QED) is 0.603. The predicted octanol–water partition coefficient (Wildman–Crippen LogP) is 3.79. The van der Waals surface area contributed by atoms with Crippen molar-refractivity contribution in [2.75, 3.05) is 19.8 Å². The van der Waals surface area contributed by atoms with Gasteiger partial charge in [-0.2, -0.15) is 0 Å². The molecule has 2 rings (SSSR count). The highest BCUT2D eigenvalue weighted by Gasteiger charge is 2.18. The van der Waals surface area contributed by atoms with E-state index in [1.54, 1.807) is 41.5 Å². The normalized spacial score (nSPS) is 10.4. The second-order valence-corrected chi connectivity index (χ2v) is 6.78. The molecule has 0 aliphatic heterocycles. The molecule has 0 radical (unpaired) electrons. The molecule has 0 spiro atoms. The maximum Gasteiger partial charge on any atom is 0.357 e. The first-order valence-corrected chi connectivity index (χ1v) is 9.56. The van der Waals surface area contributed by atoms with Gasteiger partial charge in [-0.1, -0.05) is 18.5 Å².